The third-order valence-electron chi connectivity index (χ3n) is 4.31. The number of hydrogen-bond donors (Lipinski definition) is 2. The van der Waals surface area contributed by atoms with Crippen LogP contribution in [0.3, 0.4) is 0 Å². The summed E-state index contributed by atoms with van der Waals surface area (Å²) in [5, 5.41) is 10.2. The van der Waals surface area contributed by atoms with Crippen molar-refractivity contribution >= 4 is 35.0 Å². The number of aromatic nitrogens is 1. The molecule has 0 spiro atoms. The van der Waals surface area contributed by atoms with Gasteiger partial charge in [0.15, 0.2) is 0 Å². The molecule has 8 heteroatoms. The molecule has 0 unspecified atom stereocenters. The molecule has 0 amide bonds. The Morgan fingerprint density at radius 3 is 2.83 bits per heavy atom. The van der Waals surface area contributed by atoms with Crippen LogP contribution in [0, 0.1) is 5.92 Å². The van der Waals surface area contributed by atoms with E-state index in [2.05, 4.69) is 4.98 Å². The van der Waals surface area contributed by atoms with Crippen LogP contribution in [-0.2, 0) is 9.59 Å². The number of thioether (sulfide) groups is 1. The molecular weight excluding hydrogens is 338 g/mol. The van der Waals surface area contributed by atoms with Gasteiger partial charge >= 0.3 is 16.8 Å². The lowest BCUT2D eigenvalue weighted by atomic mass is 9.75. The first-order chi connectivity index (χ1) is 10.9. The van der Waals surface area contributed by atoms with Gasteiger partial charge in [-0.2, -0.15) is 0 Å². The molecule has 0 radical (unpaired) electrons. The van der Waals surface area contributed by atoms with Crippen LogP contribution in [0.15, 0.2) is 34.1 Å². The van der Waals surface area contributed by atoms with E-state index >= 15 is 0 Å². The molecular formula is C15H11NO5S2. The molecule has 3 heterocycles. The van der Waals surface area contributed by atoms with Gasteiger partial charge in [-0.1, -0.05) is 41.3 Å². The molecule has 118 valence electrons. The second-order valence-corrected chi connectivity index (χ2v) is 8.11. The number of rotatable bonds is 1. The number of esters is 1. The van der Waals surface area contributed by atoms with Gasteiger partial charge in [0.1, 0.15) is 10.5 Å². The van der Waals surface area contributed by atoms with Crippen molar-refractivity contribution in [3.63, 3.8) is 0 Å². The number of para-hydroxylation sites is 1. The second-order valence-electron chi connectivity index (χ2n) is 5.64. The molecule has 23 heavy (non-hydrogen) atoms. The van der Waals surface area contributed by atoms with Crippen LogP contribution >= 0.6 is 23.1 Å². The Bertz CT molecular complexity index is 901. The normalized spacial score (nSPS) is 28.3. The highest BCUT2D eigenvalue weighted by Gasteiger charge is 2.58. The van der Waals surface area contributed by atoms with Crippen molar-refractivity contribution in [3.8, 4) is 5.75 Å². The SMILES string of the molecule is C[C@]1(C(=O)O)Sc2[nH]c(=O)sc2[C@H]2c3ccccc3OC(=O)[C@@H]21. The van der Waals surface area contributed by atoms with Gasteiger partial charge in [-0.3, -0.25) is 14.4 Å². The first-order valence-electron chi connectivity index (χ1n) is 6.88. The minimum absolute atomic E-state index is 0.257. The number of hydrogen-bond acceptors (Lipinski definition) is 6. The Labute approximate surface area is 138 Å². The highest BCUT2D eigenvalue weighted by molar-refractivity contribution is 8.01. The van der Waals surface area contributed by atoms with Crippen molar-refractivity contribution in [2.24, 2.45) is 5.92 Å². The van der Waals surface area contributed by atoms with E-state index in [1.165, 1.54) is 6.92 Å². The fraction of sp³-hybridized carbons (Fsp3) is 0.267. The van der Waals surface area contributed by atoms with Gasteiger partial charge < -0.3 is 14.8 Å². The number of carboxylic acids is 1. The summed E-state index contributed by atoms with van der Waals surface area (Å²) in [5.74, 6) is -2.64. The fourth-order valence-corrected chi connectivity index (χ4v) is 5.66. The predicted octanol–water partition coefficient (Wildman–Crippen LogP) is 2.05. The van der Waals surface area contributed by atoms with Gasteiger partial charge in [-0.15, -0.1) is 0 Å². The zero-order valence-electron chi connectivity index (χ0n) is 11.9. The lowest BCUT2D eigenvalue weighted by Crippen LogP contribution is -2.52. The number of ether oxygens (including phenoxy) is 1. The largest absolute Gasteiger partial charge is 0.480 e. The number of H-pyrrole nitrogens is 1. The van der Waals surface area contributed by atoms with E-state index in [9.17, 15) is 19.5 Å². The third-order valence-corrected chi connectivity index (χ3v) is 6.78. The number of benzene rings is 1. The van der Waals surface area contributed by atoms with Crippen molar-refractivity contribution < 1.29 is 19.4 Å². The number of aliphatic carboxylic acids is 1. The average molecular weight is 349 g/mol. The van der Waals surface area contributed by atoms with E-state index in [0.29, 0.717) is 15.7 Å². The molecule has 2 aromatic rings. The maximum atomic E-state index is 12.5. The van der Waals surface area contributed by atoms with Gasteiger partial charge in [0.05, 0.1) is 10.9 Å². The van der Waals surface area contributed by atoms with Crippen molar-refractivity contribution in [3.05, 3.63) is 44.4 Å². The lowest BCUT2D eigenvalue weighted by molar-refractivity contribution is -0.151. The third kappa shape index (κ3) is 1.91. The number of thiazole rings is 1. The first-order valence-corrected chi connectivity index (χ1v) is 8.51. The van der Waals surface area contributed by atoms with Crippen molar-refractivity contribution in [2.75, 3.05) is 0 Å². The van der Waals surface area contributed by atoms with Crippen LogP contribution in [0.5, 0.6) is 5.75 Å². The van der Waals surface area contributed by atoms with Gasteiger partial charge in [-0.05, 0) is 13.0 Å². The smallest absolute Gasteiger partial charge is 0.320 e. The molecule has 3 atom stereocenters. The highest BCUT2D eigenvalue weighted by Crippen LogP contribution is 2.57. The van der Waals surface area contributed by atoms with E-state index < -0.39 is 28.5 Å². The molecule has 0 saturated heterocycles. The monoisotopic (exact) mass is 349 g/mol. The number of fused-ring (bicyclic) bond motifs is 5. The summed E-state index contributed by atoms with van der Waals surface area (Å²) in [6.07, 6.45) is 0. The molecule has 6 nitrogen and oxygen atoms in total. The predicted molar refractivity (Wildman–Crippen MR) is 84.2 cm³/mol. The summed E-state index contributed by atoms with van der Waals surface area (Å²) in [6.45, 7) is 1.51. The number of carbonyl (C=O) groups is 2. The van der Waals surface area contributed by atoms with Crippen LogP contribution in [0.4, 0.5) is 0 Å². The van der Waals surface area contributed by atoms with Crippen molar-refractivity contribution in [1.29, 1.82) is 0 Å². The molecule has 2 N–H and O–H groups in total. The molecule has 0 bridgehead atoms. The Morgan fingerprint density at radius 2 is 2.09 bits per heavy atom. The minimum Gasteiger partial charge on any atom is -0.480 e. The van der Waals surface area contributed by atoms with Crippen molar-refractivity contribution in [1.82, 2.24) is 4.98 Å². The van der Waals surface area contributed by atoms with E-state index in [0.717, 1.165) is 28.7 Å². The molecule has 0 aliphatic carbocycles. The maximum Gasteiger partial charge on any atom is 0.320 e. The van der Waals surface area contributed by atoms with Gasteiger partial charge in [0.2, 0.25) is 0 Å². The minimum atomic E-state index is -1.41. The Balaban J connectivity index is 2.03. The van der Waals surface area contributed by atoms with Crippen LogP contribution < -0.4 is 9.61 Å². The second kappa shape index (κ2) is 4.72. The van der Waals surface area contributed by atoms with Crippen LogP contribution in [0.1, 0.15) is 23.3 Å². The van der Waals surface area contributed by atoms with Crippen LogP contribution in [0.25, 0.3) is 0 Å². The van der Waals surface area contributed by atoms with E-state index in [-0.39, 0.29) is 4.87 Å². The topological polar surface area (TPSA) is 96.5 Å². The molecule has 1 aromatic heterocycles. The lowest BCUT2D eigenvalue weighted by Gasteiger charge is -2.42. The molecule has 4 rings (SSSR count). The Morgan fingerprint density at radius 1 is 1.35 bits per heavy atom. The molecule has 2 aliphatic heterocycles. The quantitative estimate of drug-likeness (QED) is 0.604. The number of carboxylic acid groups (broad SMARTS) is 1. The number of nitrogens with one attached hydrogen (secondary N) is 1. The Kier molecular flexibility index (Phi) is 2.98. The number of aromatic amines is 1. The van der Waals surface area contributed by atoms with E-state index in [1.807, 2.05) is 12.1 Å². The zero-order chi connectivity index (χ0) is 16.4. The summed E-state index contributed by atoms with van der Waals surface area (Å²) in [4.78, 5) is 39.4. The van der Waals surface area contributed by atoms with Crippen molar-refractivity contribution in [2.45, 2.75) is 22.6 Å². The maximum absolute atomic E-state index is 12.5. The van der Waals surface area contributed by atoms with E-state index in [1.54, 1.807) is 12.1 Å². The van der Waals surface area contributed by atoms with Gasteiger partial charge in [0, 0.05) is 16.4 Å². The zero-order valence-corrected chi connectivity index (χ0v) is 13.5. The average Bonchev–Trinajstić information content (AvgIpc) is 2.86. The van der Waals surface area contributed by atoms with Gasteiger partial charge in [0.25, 0.3) is 0 Å². The summed E-state index contributed by atoms with van der Waals surface area (Å²) in [6, 6.07) is 7.05. The van der Waals surface area contributed by atoms with E-state index in [4.69, 9.17) is 4.74 Å². The molecule has 0 fully saturated rings. The summed E-state index contributed by atoms with van der Waals surface area (Å²) in [5.41, 5.74) is 0.737. The Hall–Kier alpha value is -2.06. The van der Waals surface area contributed by atoms with Crippen LogP contribution in [0.2, 0.25) is 0 Å². The summed E-state index contributed by atoms with van der Waals surface area (Å²) in [7, 11) is 0. The first kappa shape index (κ1) is 14.5. The summed E-state index contributed by atoms with van der Waals surface area (Å²) < 4.78 is 3.96. The summed E-state index contributed by atoms with van der Waals surface area (Å²) >= 11 is 2.03. The molecule has 0 saturated carbocycles. The molecule has 1 aromatic carbocycles. The number of carbonyl (C=O) groups excluding carboxylic acids is 1. The fourth-order valence-electron chi connectivity index (χ4n) is 3.21. The highest BCUT2D eigenvalue weighted by atomic mass is 32.2. The molecule has 2 aliphatic rings. The van der Waals surface area contributed by atoms with Crippen LogP contribution in [-0.4, -0.2) is 26.8 Å². The van der Waals surface area contributed by atoms with Gasteiger partial charge in [-0.25, -0.2) is 0 Å². The standard InChI is InChI=1S/C15H11NO5S2/c1-15(13(18)19)9-8(10-11(23-15)16-14(20)22-10)6-4-2-3-5-7(6)21-12(9)17/h2-5,8-9H,1H3,(H,16,20)(H,18,19)/t8-,9+,15-/m0/s1.